The van der Waals surface area contributed by atoms with Gasteiger partial charge < -0.3 is 0 Å². The van der Waals surface area contributed by atoms with E-state index < -0.39 is 0 Å². The summed E-state index contributed by atoms with van der Waals surface area (Å²) in [5, 5.41) is 0. The molecule has 0 N–H and O–H groups in total. The second-order valence-electron chi connectivity index (χ2n) is 4.76. The molecule has 0 amide bonds. The number of allylic oxidation sites excluding steroid dienone is 1. The topological polar surface area (TPSA) is 0 Å². The van der Waals surface area contributed by atoms with Gasteiger partial charge in [-0.05, 0) is 43.9 Å². The van der Waals surface area contributed by atoms with Gasteiger partial charge in [-0.2, -0.15) is 0 Å². The molecule has 0 aromatic heterocycles. The Morgan fingerprint density at radius 3 is 3.00 bits per heavy atom. The number of rotatable bonds is 0. The molecule has 2 bridgehead atoms. The smallest absolute Gasteiger partial charge is 0.0458 e. The van der Waals surface area contributed by atoms with Gasteiger partial charge in [0.25, 0.3) is 0 Å². The zero-order valence-corrected chi connectivity index (χ0v) is 8.53. The molecule has 0 radical (unpaired) electrons. The minimum atomic E-state index is 0.142. The molecular weight excluding hydrogens is 168 g/mol. The van der Waals surface area contributed by atoms with Crippen molar-refractivity contribution in [2.75, 3.05) is 0 Å². The zero-order valence-electron chi connectivity index (χ0n) is 7.78. The van der Waals surface area contributed by atoms with Crippen LogP contribution in [0, 0.1) is 11.8 Å². The van der Waals surface area contributed by atoms with Gasteiger partial charge >= 0.3 is 0 Å². The van der Waals surface area contributed by atoms with Crippen molar-refractivity contribution in [2.24, 2.45) is 11.8 Å². The summed E-state index contributed by atoms with van der Waals surface area (Å²) in [4.78, 5) is 0.142. The van der Waals surface area contributed by atoms with Crippen LogP contribution in [0.4, 0.5) is 0 Å². The highest BCUT2D eigenvalue weighted by Gasteiger charge is 2.41. The molecule has 2 aliphatic rings. The summed E-state index contributed by atoms with van der Waals surface area (Å²) in [6, 6.07) is 0. The van der Waals surface area contributed by atoms with E-state index in [2.05, 4.69) is 13.5 Å². The van der Waals surface area contributed by atoms with E-state index in [1.807, 2.05) is 0 Å². The average Bonchev–Trinajstić information content (AvgIpc) is 1.96. The Labute approximate surface area is 80.0 Å². The lowest BCUT2D eigenvalue weighted by atomic mass is 9.66. The van der Waals surface area contributed by atoms with Crippen LogP contribution in [0.3, 0.4) is 0 Å². The van der Waals surface area contributed by atoms with Crippen LogP contribution in [0.15, 0.2) is 12.2 Å². The zero-order chi connectivity index (χ0) is 8.77. The molecule has 12 heavy (non-hydrogen) atoms. The minimum absolute atomic E-state index is 0.142. The van der Waals surface area contributed by atoms with Crippen molar-refractivity contribution >= 4 is 11.6 Å². The van der Waals surface area contributed by atoms with E-state index in [-0.39, 0.29) is 4.87 Å². The summed E-state index contributed by atoms with van der Waals surface area (Å²) in [5.74, 6) is 1.54. The van der Waals surface area contributed by atoms with Crippen molar-refractivity contribution in [1.29, 1.82) is 0 Å². The van der Waals surface area contributed by atoms with Gasteiger partial charge in [0.15, 0.2) is 0 Å². The maximum Gasteiger partial charge on any atom is 0.0458 e. The lowest BCUT2D eigenvalue weighted by molar-refractivity contribution is 0.211. The van der Waals surface area contributed by atoms with E-state index in [1.165, 1.54) is 31.3 Å². The first-order valence-corrected chi connectivity index (χ1v) is 5.33. The van der Waals surface area contributed by atoms with Gasteiger partial charge in [0.05, 0.1) is 0 Å². The van der Waals surface area contributed by atoms with Crippen molar-refractivity contribution in [3.63, 3.8) is 0 Å². The molecule has 68 valence electrons. The van der Waals surface area contributed by atoms with E-state index >= 15 is 0 Å². The van der Waals surface area contributed by atoms with Crippen molar-refractivity contribution in [2.45, 2.75) is 43.9 Å². The molecule has 0 aromatic rings. The molecule has 3 unspecified atom stereocenters. The Kier molecular flexibility index (Phi) is 1.99. The van der Waals surface area contributed by atoms with Crippen molar-refractivity contribution in [3.8, 4) is 0 Å². The van der Waals surface area contributed by atoms with E-state index in [4.69, 9.17) is 11.6 Å². The largest absolute Gasteiger partial charge is 0.119 e. The van der Waals surface area contributed by atoms with Gasteiger partial charge in [-0.25, -0.2) is 0 Å². The summed E-state index contributed by atoms with van der Waals surface area (Å²) < 4.78 is 0. The molecule has 0 nitrogen and oxygen atoms in total. The molecule has 0 aliphatic heterocycles. The van der Waals surface area contributed by atoms with Crippen LogP contribution in [-0.2, 0) is 0 Å². The molecule has 0 saturated heterocycles. The van der Waals surface area contributed by atoms with Crippen LogP contribution in [0.25, 0.3) is 0 Å². The monoisotopic (exact) mass is 184 g/mol. The van der Waals surface area contributed by atoms with Crippen molar-refractivity contribution in [1.82, 2.24) is 0 Å². The first kappa shape index (κ1) is 8.62. The highest BCUT2D eigenvalue weighted by molar-refractivity contribution is 6.24. The first-order valence-electron chi connectivity index (χ1n) is 4.96. The van der Waals surface area contributed by atoms with Crippen molar-refractivity contribution < 1.29 is 0 Å². The number of fused-ring (bicyclic) bond motifs is 2. The van der Waals surface area contributed by atoms with Gasteiger partial charge in [0.2, 0.25) is 0 Å². The predicted octanol–water partition coefficient (Wildman–Crippen LogP) is 3.75. The Hall–Kier alpha value is 0.0300. The van der Waals surface area contributed by atoms with Crippen LogP contribution in [0.5, 0.6) is 0 Å². The summed E-state index contributed by atoms with van der Waals surface area (Å²) in [7, 11) is 0. The maximum atomic E-state index is 6.52. The van der Waals surface area contributed by atoms with E-state index in [9.17, 15) is 0 Å². The fraction of sp³-hybridized carbons (Fsp3) is 0.818. The second-order valence-corrected chi connectivity index (χ2v) is 5.56. The van der Waals surface area contributed by atoms with E-state index in [0.29, 0.717) is 0 Å². The Morgan fingerprint density at radius 2 is 2.25 bits per heavy atom. The van der Waals surface area contributed by atoms with Crippen LogP contribution in [0.2, 0.25) is 0 Å². The van der Waals surface area contributed by atoms with Crippen molar-refractivity contribution in [3.05, 3.63) is 12.2 Å². The average molecular weight is 185 g/mol. The normalized spacial score (nSPS) is 47.7. The third-order valence-electron chi connectivity index (χ3n) is 3.48. The second kappa shape index (κ2) is 2.77. The number of hydrogen-bond donors (Lipinski definition) is 0. The molecule has 2 saturated carbocycles. The van der Waals surface area contributed by atoms with E-state index in [1.54, 1.807) is 0 Å². The molecule has 2 rings (SSSR count). The molecule has 0 heterocycles. The molecule has 3 atom stereocenters. The minimum Gasteiger partial charge on any atom is -0.119 e. The molecular formula is C11H17Cl. The summed E-state index contributed by atoms with van der Waals surface area (Å²) in [5.41, 5.74) is 1.46. The summed E-state index contributed by atoms with van der Waals surface area (Å²) in [6.07, 6.45) is 6.07. The predicted molar refractivity (Wildman–Crippen MR) is 53.5 cm³/mol. The summed E-state index contributed by atoms with van der Waals surface area (Å²) in [6.45, 7) is 6.46. The van der Waals surface area contributed by atoms with E-state index in [0.717, 1.165) is 18.3 Å². The maximum absolute atomic E-state index is 6.52. The van der Waals surface area contributed by atoms with Gasteiger partial charge in [-0.1, -0.05) is 19.1 Å². The number of alkyl halides is 1. The fourth-order valence-corrected chi connectivity index (χ4v) is 3.45. The van der Waals surface area contributed by atoms with Crippen LogP contribution in [-0.4, -0.2) is 4.87 Å². The van der Waals surface area contributed by atoms with Gasteiger partial charge in [-0.3, -0.25) is 0 Å². The number of hydrogen-bond acceptors (Lipinski definition) is 0. The van der Waals surface area contributed by atoms with Crippen LogP contribution >= 0.6 is 11.6 Å². The highest BCUT2D eigenvalue weighted by Crippen LogP contribution is 2.50. The molecule has 0 aromatic carbocycles. The van der Waals surface area contributed by atoms with Gasteiger partial charge in [0.1, 0.15) is 0 Å². The molecule has 0 spiro atoms. The standard InChI is InChI=1S/C11H17Cl/c1-8-5-10-7-11(12,6-8)4-3-9(10)2/h8,10H,2-7H2,1H3. The lowest BCUT2D eigenvalue weighted by Crippen LogP contribution is -2.38. The third kappa shape index (κ3) is 1.42. The number of halogens is 1. The molecule has 2 fully saturated rings. The lowest BCUT2D eigenvalue weighted by Gasteiger charge is -2.44. The van der Waals surface area contributed by atoms with Gasteiger partial charge in [-0.15, -0.1) is 11.6 Å². The highest BCUT2D eigenvalue weighted by atomic mass is 35.5. The van der Waals surface area contributed by atoms with Crippen LogP contribution < -0.4 is 0 Å². The Morgan fingerprint density at radius 1 is 1.50 bits per heavy atom. The Bertz CT molecular complexity index is 209. The first-order chi connectivity index (χ1) is 5.59. The Balaban J connectivity index is 2.17. The van der Waals surface area contributed by atoms with Gasteiger partial charge in [0, 0.05) is 4.87 Å². The summed E-state index contributed by atoms with van der Waals surface area (Å²) >= 11 is 6.52. The third-order valence-corrected chi connectivity index (χ3v) is 3.98. The quantitative estimate of drug-likeness (QED) is 0.398. The molecule has 2 aliphatic carbocycles. The fourth-order valence-electron chi connectivity index (χ4n) is 2.91. The SMILES string of the molecule is C=C1CCC2(Cl)CC(C)CC1C2. The molecule has 1 heteroatoms. The van der Waals surface area contributed by atoms with Crippen LogP contribution in [0.1, 0.15) is 39.0 Å².